The number of nitrogen functional groups attached to an aromatic ring is 1. The highest BCUT2D eigenvalue weighted by Gasteiger charge is 2.14. The van der Waals surface area contributed by atoms with Crippen molar-refractivity contribution in [3.8, 4) is 0 Å². The molecule has 1 amide bonds. The number of aryl methyl sites for hydroxylation is 1. The fraction of sp³-hybridized carbons (Fsp3) is 0.154. The number of hydrogen-bond donors (Lipinski definition) is 2. The summed E-state index contributed by atoms with van der Waals surface area (Å²) in [5.41, 5.74) is 3.37. The standard InChI is InChI=1S/C13H13N5O2S/c1-8-9(6-10(21-8)12(19)15-14)7-18-13(20)17-5-3-2-4-11(17)16-18/h2-6H,7,14H2,1H3,(H,15,19). The third-order valence-corrected chi connectivity index (χ3v) is 4.28. The Bertz CT molecular complexity index is 876. The van der Waals surface area contributed by atoms with Crippen LogP contribution in [0.4, 0.5) is 0 Å². The van der Waals surface area contributed by atoms with Crippen LogP contribution in [0.3, 0.4) is 0 Å². The third-order valence-electron chi connectivity index (χ3n) is 3.18. The van der Waals surface area contributed by atoms with E-state index in [1.807, 2.05) is 13.0 Å². The van der Waals surface area contributed by atoms with Crippen LogP contribution in [-0.2, 0) is 6.54 Å². The smallest absolute Gasteiger partial charge is 0.289 e. The number of carbonyl (C=O) groups is 1. The van der Waals surface area contributed by atoms with Gasteiger partial charge in [-0.05, 0) is 30.7 Å². The van der Waals surface area contributed by atoms with Crippen LogP contribution < -0.4 is 17.0 Å². The van der Waals surface area contributed by atoms with Gasteiger partial charge in [0.15, 0.2) is 5.65 Å². The second-order valence-electron chi connectivity index (χ2n) is 4.53. The maximum absolute atomic E-state index is 12.2. The monoisotopic (exact) mass is 303 g/mol. The Labute approximate surface area is 123 Å². The minimum atomic E-state index is -0.336. The van der Waals surface area contributed by atoms with Gasteiger partial charge in [0.1, 0.15) is 0 Å². The molecule has 0 saturated carbocycles. The van der Waals surface area contributed by atoms with Gasteiger partial charge >= 0.3 is 5.69 Å². The Morgan fingerprint density at radius 1 is 1.48 bits per heavy atom. The zero-order valence-corrected chi connectivity index (χ0v) is 12.1. The molecule has 7 nitrogen and oxygen atoms in total. The average molecular weight is 303 g/mol. The van der Waals surface area contributed by atoms with Gasteiger partial charge in [-0.2, -0.15) is 0 Å². The van der Waals surface area contributed by atoms with Crippen molar-refractivity contribution in [2.75, 3.05) is 0 Å². The number of hydrogen-bond acceptors (Lipinski definition) is 5. The SMILES string of the molecule is Cc1sc(C(=O)NN)cc1Cn1nc2ccccn2c1=O. The molecule has 21 heavy (non-hydrogen) atoms. The lowest BCUT2D eigenvalue weighted by atomic mass is 10.2. The summed E-state index contributed by atoms with van der Waals surface area (Å²) in [5.74, 6) is 4.79. The zero-order chi connectivity index (χ0) is 15.0. The van der Waals surface area contributed by atoms with Crippen LogP contribution in [0.25, 0.3) is 5.65 Å². The van der Waals surface area contributed by atoms with E-state index < -0.39 is 0 Å². The first-order chi connectivity index (χ1) is 10.1. The molecule has 8 heteroatoms. The molecule has 0 radical (unpaired) electrons. The summed E-state index contributed by atoms with van der Waals surface area (Å²) in [6.45, 7) is 2.22. The van der Waals surface area contributed by atoms with Gasteiger partial charge in [-0.25, -0.2) is 15.3 Å². The van der Waals surface area contributed by atoms with E-state index in [1.165, 1.54) is 20.4 Å². The Morgan fingerprint density at radius 2 is 2.29 bits per heavy atom. The zero-order valence-electron chi connectivity index (χ0n) is 11.2. The molecule has 0 unspecified atom stereocenters. The van der Waals surface area contributed by atoms with Crippen molar-refractivity contribution in [2.24, 2.45) is 5.84 Å². The summed E-state index contributed by atoms with van der Waals surface area (Å²) in [6, 6.07) is 7.11. The Morgan fingerprint density at radius 3 is 3.00 bits per heavy atom. The van der Waals surface area contributed by atoms with E-state index in [4.69, 9.17) is 5.84 Å². The molecule has 0 aliphatic rings. The number of nitrogens with one attached hydrogen (secondary N) is 1. The van der Waals surface area contributed by atoms with Crippen molar-refractivity contribution < 1.29 is 4.79 Å². The number of hydrazine groups is 1. The molecule has 3 heterocycles. The molecular formula is C13H13N5O2S. The van der Waals surface area contributed by atoms with E-state index in [2.05, 4.69) is 10.5 Å². The van der Waals surface area contributed by atoms with Crippen LogP contribution in [-0.4, -0.2) is 20.1 Å². The highest BCUT2D eigenvalue weighted by molar-refractivity contribution is 7.14. The fourth-order valence-electron chi connectivity index (χ4n) is 2.09. The van der Waals surface area contributed by atoms with Gasteiger partial charge < -0.3 is 0 Å². The number of aromatic nitrogens is 3. The molecule has 0 aliphatic heterocycles. The lowest BCUT2D eigenvalue weighted by Crippen LogP contribution is -2.29. The number of amides is 1. The summed E-state index contributed by atoms with van der Waals surface area (Å²) in [6.07, 6.45) is 1.68. The summed E-state index contributed by atoms with van der Waals surface area (Å²) in [7, 11) is 0. The minimum absolute atomic E-state index is 0.207. The van der Waals surface area contributed by atoms with E-state index in [-0.39, 0.29) is 11.6 Å². The first-order valence-corrected chi connectivity index (χ1v) is 7.06. The van der Waals surface area contributed by atoms with Gasteiger partial charge in [0, 0.05) is 11.1 Å². The van der Waals surface area contributed by atoms with Crippen LogP contribution in [0.2, 0.25) is 0 Å². The van der Waals surface area contributed by atoms with Crippen LogP contribution >= 0.6 is 11.3 Å². The van der Waals surface area contributed by atoms with Gasteiger partial charge in [-0.15, -0.1) is 16.4 Å². The maximum Gasteiger partial charge on any atom is 0.350 e. The quantitative estimate of drug-likeness (QED) is 0.419. The summed E-state index contributed by atoms with van der Waals surface area (Å²) in [4.78, 5) is 25.2. The largest absolute Gasteiger partial charge is 0.350 e. The number of pyridine rings is 1. The van der Waals surface area contributed by atoms with Gasteiger partial charge in [-0.1, -0.05) is 6.07 Å². The highest BCUT2D eigenvalue weighted by Crippen LogP contribution is 2.21. The van der Waals surface area contributed by atoms with Crippen molar-refractivity contribution in [1.82, 2.24) is 19.6 Å². The van der Waals surface area contributed by atoms with Crippen molar-refractivity contribution in [3.05, 3.63) is 56.3 Å². The van der Waals surface area contributed by atoms with Crippen molar-refractivity contribution in [1.29, 1.82) is 0 Å². The number of nitrogens with zero attached hydrogens (tertiary/aromatic N) is 3. The summed E-state index contributed by atoms with van der Waals surface area (Å²) >= 11 is 1.34. The lowest BCUT2D eigenvalue weighted by molar-refractivity contribution is 0.0957. The van der Waals surface area contributed by atoms with Crippen LogP contribution in [0.15, 0.2) is 35.3 Å². The molecule has 3 aromatic rings. The molecule has 0 saturated heterocycles. The number of fused-ring (bicyclic) bond motifs is 1. The number of carbonyl (C=O) groups excluding carboxylic acids is 1. The Balaban J connectivity index is 1.99. The molecule has 0 aromatic carbocycles. The first kappa shape index (κ1) is 13.5. The maximum atomic E-state index is 12.2. The molecule has 0 spiro atoms. The van der Waals surface area contributed by atoms with E-state index in [0.29, 0.717) is 17.1 Å². The molecule has 3 N–H and O–H groups in total. The molecule has 3 rings (SSSR count). The van der Waals surface area contributed by atoms with E-state index in [1.54, 1.807) is 24.4 Å². The molecule has 108 valence electrons. The van der Waals surface area contributed by atoms with Crippen LogP contribution in [0.1, 0.15) is 20.1 Å². The Hall–Kier alpha value is -2.45. The molecule has 0 fully saturated rings. The highest BCUT2D eigenvalue weighted by atomic mass is 32.1. The van der Waals surface area contributed by atoms with Crippen molar-refractivity contribution >= 4 is 22.9 Å². The average Bonchev–Trinajstić information content (AvgIpc) is 3.01. The molecule has 3 aromatic heterocycles. The number of rotatable bonds is 3. The molecule has 0 aliphatic carbocycles. The van der Waals surface area contributed by atoms with E-state index in [9.17, 15) is 9.59 Å². The third kappa shape index (κ3) is 2.34. The predicted molar refractivity (Wildman–Crippen MR) is 79.3 cm³/mol. The molecule has 0 bridgehead atoms. The minimum Gasteiger partial charge on any atom is -0.289 e. The van der Waals surface area contributed by atoms with Gasteiger partial charge in [0.25, 0.3) is 5.91 Å². The van der Waals surface area contributed by atoms with Gasteiger partial charge in [-0.3, -0.25) is 14.6 Å². The van der Waals surface area contributed by atoms with Crippen molar-refractivity contribution in [2.45, 2.75) is 13.5 Å². The van der Waals surface area contributed by atoms with Gasteiger partial charge in [0.2, 0.25) is 0 Å². The second kappa shape index (κ2) is 5.15. The van der Waals surface area contributed by atoms with Crippen molar-refractivity contribution in [3.63, 3.8) is 0 Å². The summed E-state index contributed by atoms with van der Waals surface area (Å²) < 4.78 is 2.86. The van der Waals surface area contributed by atoms with Gasteiger partial charge in [0.05, 0.1) is 11.4 Å². The lowest BCUT2D eigenvalue weighted by Gasteiger charge is -1.97. The topological polar surface area (TPSA) is 94.4 Å². The molecular weight excluding hydrogens is 290 g/mol. The van der Waals surface area contributed by atoms with Crippen LogP contribution in [0, 0.1) is 6.92 Å². The Kier molecular flexibility index (Phi) is 3.32. The normalized spacial score (nSPS) is 11.0. The van der Waals surface area contributed by atoms with E-state index >= 15 is 0 Å². The number of thiophene rings is 1. The number of nitrogens with two attached hydrogens (primary N) is 1. The predicted octanol–water partition coefficient (Wildman–Crippen LogP) is 0.518. The molecule has 0 atom stereocenters. The van der Waals surface area contributed by atoms with Crippen LogP contribution in [0.5, 0.6) is 0 Å². The second-order valence-corrected chi connectivity index (χ2v) is 5.79. The fourth-order valence-corrected chi connectivity index (χ4v) is 3.03. The summed E-state index contributed by atoms with van der Waals surface area (Å²) in [5, 5.41) is 4.27. The van der Waals surface area contributed by atoms with E-state index in [0.717, 1.165) is 10.4 Å². The first-order valence-electron chi connectivity index (χ1n) is 6.24.